The van der Waals surface area contributed by atoms with Gasteiger partial charge in [0.05, 0.1) is 45.2 Å². The fourth-order valence-electron chi connectivity index (χ4n) is 7.27. The summed E-state index contributed by atoms with van der Waals surface area (Å²) < 4.78 is 2.06. The highest BCUT2D eigenvalue weighted by Gasteiger charge is 2.40. The maximum Gasteiger partial charge on any atom is 0.268 e. The lowest BCUT2D eigenvalue weighted by atomic mass is 9.97. The van der Waals surface area contributed by atoms with E-state index in [2.05, 4.69) is 15.6 Å². The molecule has 6 nitrogen and oxygen atoms in total. The van der Waals surface area contributed by atoms with Gasteiger partial charge >= 0.3 is 0 Å². The van der Waals surface area contributed by atoms with Crippen LogP contribution in [0.5, 0.6) is 0 Å². The highest BCUT2D eigenvalue weighted by Crippen LogP contribution is 2.43. The first-order valence-electron chi connectivity index (χ1n) is 16.3. The molecule has 234 valence electrons. The van der Waals surface area contributed by atoms with E-state index >= 15 is 0 Å². The van der Waals surface area contributed by atoms with Crippen LogP contribution in [-0.4, -0.2) is 21.4 Å². The van der Waals surface area contributed by atoms with Crippen molar-refractivity contribution in [2.75, 3.05) is 4.90 Å². The van der Waals surface area contributed by atoms with Crippen molar-refractivity contribution >= 4 is 39.3 Å². The fourth-order valence-corrected chi connectivity index (χ4v) is 7.27. The zero-order chi connectivity index (χ0) is 33.8. The van der Waals surface area contributed by atoms with Gasteiger partial charge in [0.15, 0.2) is 0 Å². The van der Waals surface area contributed by atoms with Gasteiger partial charge in [-0.15, -0.1) is 0 Å². The molecule has 0 saturated heterocycles. The molecule has 1 aliphatic rings. The van der Waals surface area contributed by atoms with Gasteiger partial charge in [0.2, 0.25) is 0 Å². The third-order valence-electron chi connectivity index (χ3n) is 9.49. The number of pyridine rings is 1. The van der Waals surface area contributed by atoms with Gasteiger partial charge in [0, 0.05) is 34.3 Å². The number of carbonyl (C=O) groups excluding carboxylic acids is 2. The number of rotatable bonds is 5. The zero-order valence-electron chi connectivity index (χ0n) is 26.6. The van der Waals surface area contributed by atoms with Crippen LogP contribution >= 0.6 is 0 Å². The van der Waals surface area contributed by atoms with Crippen molar-refractivity contribution in [1.29, 1.82) is 5.26 Å². The molecule has 6 aromatic carbocycles. The molecule has 0 atom stereocenters. The van der Waals surface area contributed by atoms with Gasteiger partial charge in [-0.2, -0.15) is 5.26 Å². The molecule has 2 amide bonds. The lowest BCUT2D eigenvalue weighted by Crippen LogP contribution is -2.30. The van der Waals surface area contributed by atoms with Crippen molar-refractivity contribution in [2.24, 2.45) is 0 Å². The number of aromatic nitrogens is 2. The molecule has 1 aliphatic heterocycles. The third-order valence-corrected chi connectivity index (χ3v) is 9.49. The Bertz CT molecular complexity index is 2710. The molecule has 0 saturated carbocycles. The Hall–Kier alpha value is -7.10. The number of para-hydroxylation sites is 1. The summed E-state index contributed by atoms with van der Waals surface area (Å²) >= 11 is 0. The number of hydrogen-bond donors (Lipinski definition) is 0. The minimum atomic E-state index is -0.383. The highest BCUT2D eigenvalue weighted by molar-refractivity contribution is 6.36. The van der Waals surface area contributed by atoms with Crippen molar-refractivity contribution < 1.29 is 9.59 Å². The first-order valence-corrected chi connectivity index (χ1v) is 16.3. The van der Waals surface area contributed by atoms with E-state index in [1.807, 2.05) is 133 Å². The Morgan fingerprint density at radius 2 is 1.24 bits per heavy atom. The Balaban J connectivity index is 1.25. The molecule has 0 bridgehead atoms. The summed E-state index contributed by atoms with van der Waals surface area (Å²) in [6, 6.07) is 49.2. The molecule has 8 aromatic rings. The average molecular weight is 643 g/mol. The smallest absolute Gasteiger partial charge is 0.268 e. The highest BCUT2D eigenvalue weighted by atomic mass is 16.2. The summed E-state index contributed by atoms with van der Waals surface area (Å²) in [6.07, 6.45) is 3.33. The Labute approximate surface area is 287 Å². The van der Waals surface area contributed by atoms with Crippen LogP contribution in [0.25, 0.3) is 60.9 Å². The van der Waals surface area contributed by atoms with Crippen molar-refractivity contribution in [3.63, 3.8) is 0 Å². The van der Waals surface area contributed by atoms with Crippen LogP contribution in [0.15, 0.2) is 158 Å². The first kappa shape index (κ1) is 29.1. The zero-order valence-corrected chi connectivity index (χ0v) is 26.6. The van der Waals surface area contributed by atoms with E-state index < -0.39 is 0 Å². The summed E-state index contributed by atoms with van der Waals surface area (Å²) in [5, 5.41) is 11.8. The minimum Gasteiger partial charge on any atom is -0.308 e. The Morgan fingerprint density at radius 3 is 2.04 bits per heavy atom. The summed E-state index contributed by atoms with van der Waals surface area (Å²) in [6.45, 7) is 0. The van der Waals surface area contributed by atoms with E-state index in [4.69, 9.17) is 0 Å². The van der Waals surface area contributed by atoms with E-state index in [0.29, 0.717) is 28.1 Å². The van der Waals surface area contributed by atoms with Gasteiger partial charge in [-0.1, -0.05) is 103 Å². The Morgan fingerprint density at radius 1 is 0.540 bits per heavy atom. The largest absolute Gasteiger partial charge is 0.308 e. The summed E-state index contributed by atoms with van der Waals surface area (Å²) in [4.78, 5) is 34.8. The lowest BCUT2D eigenvalue weighted by Gasteiger charge is -2.20. The number of amides is 2. The normalized spacial score (nSPS) is 12.4. The van der Waals surface area contributed by atoms with E-state index in [1.165, 1.54) is 4.90 Å². The van der Waals surface area contributed by atoms with Crippen molar-refractivity contribution in [3.05, 3.63) is 175 Å². The van der Waals surface area contributed by atoms with Crippen LogP contribution in [0.4, 0.5) is 5.69 Å². The van der Waals surface area contributed by atoms with E-state index in [-0.39, 0.29) is 11.8 Å². The maximum absolute atomic E-state index is 14.8. The molecule has 0 aliphatic carbocycles. The van der Waals surface area contributed by atoms with Gasteiger partial charge in [0.1, 0.15) is 0 Å². The van der Waals surface area contributed by atoms with Gasteiger partial charge in [-0.3, -0.25) is 14.6 Å². The molecule has 2 aromatic heterocycles. The molecule has 0 unspecified atom stereocenters. The predicted octanol–water partition coefficient (Wildman–Crippen LogP) is 9.85. The van der Waals surface area contributed by atoms with Crippen molar-refractivity contribution in [2.45, 2.75) is 0 Å². The molecule has 0 spiro atoms. The topological polar surface area (TPSA) is 79.0 Å². The number of imide groups is 1. The van der Waals surface area contributed by atoms with Crippen LogP contribution in [0.1, 0.15) is 26.3 Å². The SMILES string of the molecule is N#Cc1ccncc1-c1cccc2c1c1ccccc1n2-c1cccc2c1C(=O)N(c1ccc(-c3ccccc3)cc1-c1ccccc1)C2=O. The van der Waals surface area contributed by atoms with Crippen molar-refractivity contribution in [3.8, 4) is 45.1 Å². The second-order valence-corrected chi connectivity index (χ2v) is 12.2. The van der Waals surface area contributed by atoms with Crippen LogP contribution < -0.4 is 4.90 Å². The number of benzene rings is 6. The number of nitrogens with zero attached hydrogens (tertiary/aromatic N) is 4. The predicted molar refractivity (Wildman–Crippen MR) is 197 cm³/mol. The molecule has 3 heterocycles. The monoisotopic (exact) mass is 642 g/mol. The molecule has 9 rings (SSSR count). The number of fused-ring (bicyclic) bond motifs is 4. The number of carbonyl (C=O) groups is 2. The van der Waals surface area contributed by atoms with E-state index in [0.717, 1.165) is 55.2 Å². The average Bonchev–Trinajstić information content (AvgIpc) is 3.66. The molecule has 6 heteroatoms. The fraction of sp³-hybridized carbons (Fsp3) is 0. The van der Waals surface area contributed by atoms with Gasteiger partial charge in [-0.05, 0) is 64.7 Å². The minimum absolute atomic E-state index is 0.343. The van der Waals surface area contributed by atoms with E-state index in [1.54, 1.807) is 24.5 Å². The molecule has 0 N–H and O–H groups in total. The maximum atomic E-state index is 14.8. The molecule has 0 fully saturated rings. The number of hydrogen-bond acceptors (Lipinski definition) is 4. The van der Waals surface area contributed by atoms with Gasteiger partial charge < -0.3 is 4.57 Å². The quantitative estimate of drug-likeness (QED) is 0.175. The standard InChI is InChI=1S/C44H26N4O2/c45-26-31-23-24-46-27-36(31)32-16-9-19-39-41(32)33-15-7-8-18-37(33)47(39)40-20-10-17-34-42(40)44(50)48(43(34)49)38-22-21-30(28-11-3-1-4-12-28)25-35(38)29-13-5-2-6-14-29/h1-25,27H. The Kier molecular flexibility index (Phi) is 6.72. The summed E-state index contributed by atoms with van der Waals surface area (Å²) in [5.74, 6) is -0.752. The summed E-state index contributed by atoms with van der Waals surface area (Å²) in [5.41, 5.74) is 9.38. The van der Waals surface area contributed by atoms with Crippen molar-refractivity contribution in [1.82, 2.24) is 9.55 Å². The molecular formula is C44H26N4O2. The number of anilines is 1. The van der Waals surface area contributed by atoms with Crippen LogP contribution in [0.3, 0.4) is 0 Å². The van der Waals surface area contributed by atoms with Crippen LogP contribution in [0.2, 0.25) is 0 Å². The van der Waals surface area contributed by atoms with Crippen LogP contribution in [-0.2, 0) is 0 Å². The number of nitriles is 1. The first-order chi connectivity index (χ1) is 24.6. The van der Waals surface area contributed by atoms with E-state index in [9.17, 15) is 14.9 Å². The van der Waals surface area contributed by atoms with Gasteiger partial charge in [-0.25, -0.2) is 4.90 Å². The molecule has 50 heavy (non-hydrogen) atoms. The molecule has 0 radical (unpaired) electrons. The molecular weight excluding hydrogens is 617 g/mol. The summed E-state index contributed by atoms with van der Waals surface area (Å²) in [7, 11) is 0. The van der Waals surface area contributed by atoms with Crippen LogP contribution in [0, 0.1) is 11.3 Å². The lowest BCUT2D eigenvalue weighted by molar-refractivity contribution is 0.0926. The second-order valence-electron chi connectivity index (χ2n) is 12.2. The second kappa shape index (κ2) is 11.6. The third kappa shape index (κ3) is 4.38. The van der Waals surface area contributed by atoms with Gasteiger partial charge in [0.25, 0.3) is 11.8 Å².